The van der Waals surface area contributed by atoms with E-state index in [-0.39, 0.29) is 23.5 Å². The van der Waals surface area contributed by atoms with E-state index < -0.39 is 21.9 Å². The maximum atomic E-state index is 13.3. The van der Waals surface area contributed by atoms with Crippen molar-refractivity contribution in [3.05, 3.63) is 40.7 Å². The Morgan fingerprint density at radius 3 is 2.63 bits per heavy atom. The summed E-state index contributed by atoms with van der Waals surface area (Å²) in [4.78, 5) is 0.0855. The zero-order chi connectivity index (χ0) is 21.9. The fourth-order valence-corrected chi connectivity index (χ4v) is 4.72. The second kappa shape index (κ2) is 8.97. The van der Waals surface area contributed by atoms with Crippen molar-refractivity contribution < 1.29 is 26.3 Å². The molecule has 0 radical (unpaired) electrons. The summed E-state index contributed by atoms with van der Waals surface area (Å²) in [6, 6.07) is 4.59. The summed E-state index contributed by atoms with van der Waals surface area (Å²) in [6.07, 6.45) is -1.30. The third-order valence-electron chi connectivity index (χ3n) is 5.06. The number of nitrogens with one attached hydrogen (secondary N) is 1. The first kappa shape index (κ1) is 22.6. The molecule has 0 spiro atoms. The van der Waals surface area contributed by atoms with Crippen molar-refractivity contribution in [1.29, 1.82) is 0 Å². The van der Waals surface area contributed by atoms with Gasteiger partial charge >= 0.3 is 6.18 Å². The Bertz CT molecular complexity index is 1000. The molecule has 1 aromatic carbocycles. The van der Waals surface area contributed by atoms with E-state index in [1.165, 1.54) is 16.8 Å². The SMILES string of the molecule is CCCOc1ccc(S(=O)(=O)NCCn2nc(C(F)(F)F)c3c2CCCC3)cc1C. The van der Waals surface area contributed by atoms with E-state index in [0.717, 1.165) is 12.8 Å². The van der Waals surface area contributed by atoms with E-state index in [2.05, 4.69) is 9.82 Å². The lowest BCUT2D eigenvalue weighted by Gasteiger charge is -2.15. The van der Waals surface area contributed by atoms with Gasteiger partial charge < -0.3 is 4.74 Å². The Balaban J connectivity index is 1.70. The molecule has 1 heterocycles. The fraction of sp³-hybridized carbons (Fsp3) is 0.550. The van der Waals surface area contributed by atoms with Crippen molar-refractivity contribution in [3.63, 3.8) is 0 Å². The van der Waals surface area contributed by atoms with Gasteiger partial charge in [0.25, 0.3) is 0 Å². The molecule has 0 unspecified atom stereocenters. The second-order valence-electron chi connectivity index (χ2n) is 7.38. The number of rotatable bonds is 8. The van der Waals surface area contributed by atoms with Crippen LogP contribution in [-0.4, -0.2) is 31.3 Å². The lowest BCUT2D eigenvalue weighted by molar-refractivity contribution is -0.142. The summed E-state index contributed by atoms with van der Waals surface area (Å²) in [5, 5.41) is 3.75. The molecule has 0 saturated carbocycles. The van der Waals surface area contributed by atoms with Crippen LogP contribution in [0.2, 0.25) is 0 Å². The van der Waals surface area contributed by atoms with Crippen LogP contribution in [-0.2, 0) is 35.6 Å². The summed E-state index contributed by atoms with van der Waals surface area (Å²) in [5.41, 5.74) is 0.650. The number of benzene rings is 1. The van der Waals surface area contributed by atoms with Gasteiger partial charge in [-0.2, -0.15) is 18.3 Å². The molecule has 0 bridgehead atoms. The van der Waals surface area contributed by atoms with Crippen LogP contribution in [0, 0.1) is 6.92 Å². The summed E-state index contributed by atoms with van der Waals surface area (Å²) in [6.45, 7) is 4.26. The van der Waals surface area contributed by atoms with Crippen LogP contribution in [0.1, 0.15) is 48.7 Å². The number of aryl methyl sites for hydroxylation is 1. The average Bonchev–Trinajstić information content (AvgIpc) is 3.06. The van der Waals surface area contributed by atoms with Gasteiger partial charge in [0, 0.05) is 17.8 Å². The molecule has 166 valence electrons. The largest absolute Gasteiger partial charge is 0.493 e. The van der Waals surface area contributed by atoms with Crippen molar-refractivity contribution in [3.8, 4) is 5.75 Å². The van der Waals surface area contributed by atoms with Crippen LogP contribution >= 0.6 is 0 Å². The van der Waals surface area contributed by atoms with Gasteiger partial charge in [-0.15, -0.1) is 0 Å². The van der Waals surface area contributed by atoms with Crippen molar-refractivity contribution in [1.82, 2.24) is 14.5 Å². The van der Waals surface area contributed by atoms with Gasteiger partial charge in [0.15, 0.2) is 5.69 Å². The second-order valence-corrected chi connectivity index (χ2v) is 9.14. The predicted octanol–water partition coefficient (Wildman–Crippen LogP) is 3.86. The first-order chi connectivity index (χ1) is 14.1. The Morgan fingerprint density at radius 1 is 1.23 bits per heavy atom. The summed E-state index contributed by atoms with van der Waals surface area (Å²) < 4.78 is 74.3. The van der Waals surface area contributed by atoms with E-state index in [1.807, 2.05) is 6.92 Å². The number of hydrogen-bond donors (Lipinski definition) is 1. The highest BCUT2D eigenvalue weighted by molar-refractivity contribution is 7.89. The topological polar surface area (TPSA) is 73.2 Å². The summed E-state index contributed by atoms with van der Waals surface area (Å²) in [7, 11) is -3.80. The molecule has 1 aromatic heterocycles. The maximum Gasteiger partial charge on any atom is 0.435 e. The van der Waals surface area contributed by atoms with Crippen LogP contribution in [0.15, 0.2) is 23.1 Å². The highest BCUT2D eigenvalue weighted by Crippen LogP contribution is 2.35. The highest BCUT2D eigenvalue weighted by Gasteiger charge is 2.39. The van der Waals surface area contributed by atoms with E-state index in [9.17, 15) is 21.6 Å². The van der Waals surface area contributed by atoms with Crippen LogP contribution < -0.4 is 9.46 Å². The van der Waals surface area contributed by atoms with Gasteiger partial charge in [0.05, 0.1) is 18.0 Å². The van der Waals surface area contributed by atoms with E-state index in [4.69, 9.17) is 4.74 Å². The van der Waals surface area contributed by atoms with Gasteiger partial charge in [0.1, 0.15) is 5.75 Å². The number of sulfonamides is 1. The smallest absolute Gasteiger partial charge is 0.435 e. The van der Waals surface area contributed by atoms with Crippen molar-refractivity contribution in [2.45, 2.75) is 63.6 Å². The predicted molar refractivity (Wildman–Crippen MR) is 106 cm³/mol. The molecule has 1 aliphatic carbocycles. The van der Waals surface area contributed by atoms with Crippen molar-refractivity contribution in [2.24, 2.45) is 0 Å². The molecule has 30 heavy (non-hydrogen) atoms. The quantitative estimate of drug-likeness (QED) is 0.670. The molecular formula is C20H26F3N3O3S. The number of ether oxygens (including phenoxy) is 1. The first-order valence-corrected chi connectivity index (χ1v) is 11.5. The highest BCUT2D eigenvalue weighted by atomic mass is 32.2. The molecule has 0 atom stereocenters. The monoisotopic (exact) mass is 445 g/mol. The number of fused-ring (bicyclic) bond motifs is 1. The minimum atomic E-state index is -4.51. The van der Waals surface area contributed by atoms with Crippen LogP contribution in [0.3, 0.4) is 0 Å². The third-order valence-corrected chi connectivity index (χ3v) is 6.52. The van der Waals surface area contributed by atoms with Crippen molar-refractivity contribution in [2.75, 3.05) is 13.2 Å². The number of hydrogen-bond acceptors (Lipinski definition) is 4. The molecule has 1 aliphatic rings. The lowest BCUT2D eigenvalue weighted by Crippen LogP contribution is -2.28. The number of aromatic nitrogens is 2. The van der Waals surface area contributed by atoms with Gasteiger partial charge in [-0.05, 0) is 62.8 Å². The number of nitrogens with zero attached hydrogens (tertiary/aromatic N) is 2. The Labute approximate surface area is 174 Å². The summed E-state index contributed by atoms with van der Waals surface area (Å²) in [5.74, 6) is 0.624. The maximum absolute atomic E-state index is 13.3. The van der Waals surface area contributed by atoms with E-state index in [1.54, 1.807) is 13.0 Å². The normalized spacial score (nSPS) is 14.6. The number of alkyl halides is 3. The van der Waals surface area contributed by atoms with Crippen LogP contribution in [0.5, 0.6) is 5.75 Å². The molecule has 0 aliphatic heterocycles. The van der Waals surface area contributed by atoms with Gasteiger partial charge in [0.2, 0.25) is 10.0 Å². The van der Waals surface area contributed by atoms with Gasteiger partial charge in [-0.25, -0.2) is 13.1 Å². The standard InChI is InChI=1S/C20H26F3N3O3S/c1-3-12-29-18-9-8-15(13-14(18)2)30(27,28)24-10-11-26-17-7-5-4-6-16(17)19(25-26)20(21,22)23/h8-9,13,24H,3-7,10-12H2,1-2H3. The number of halogens is 3. The third kappa shape index (κ3) is 4.97. The molecule has 6 nitrogen and oxygen atoms in total. The molecule has 0 saturated heterocycles. The van der Waals surface area contributed by atoms with Gasteiger partial charge in [-0.3, -0.25) is 4.68 Å². The van der Waals surface area contributed by atoms with Crippen LogP contribution in [0.25, 0.3) is 0 Å². The Kier molecular flexibility index (Phi) is 6.76. The van der Waals surface area contributed by atoms with Gasteiger partial charge in [-0.1, -0.05) is 6.92 Å². The van der Waals surface area contributed by atoms with E-state index >= 15 is 0 Å². The minimum absolute atomic E-state index is 0.0360. The minimum Gasteiger partial charge on any atom is -0.493 e. The Morgan fingerprint density at radius 2 is 1.97 bits per heavy atom. The zero-order valence-electron chi connectivity index (χ0n) is 17.1. The molecule has 2 aromatic rings. The molecule has 0 fully saturated rings. The molecular weight excluding hydrogens is 419 g/mol. The van der Waals surface area contributed by atoms with Crippen molar-refractivity contribution >= 4 is 10.0 Å². The molecule has 0 amide bonds. The van der Waals surface area contributed by atoms with E-state index in [0.29, 0.717) is 42.9 Å². The molecule has 10 heteroatoms. The fourth-order valence-electron chi connectivity index (χ4n) is 3.62. The Hall–Kier alpha value is -2.07. The van der Waals surface area contributed by atoms with Crippen LogP contribution in [0.4, 0.5) is 13.2 Å². The molecule has 1 N–H and O–H groups in total. The lowest BCUT2D eigenvalue weighted by atomic mass is 9.95. The first-order valence-electron chi connectivity index (χ1n) is 10.0. The zero-order valence-corrected chi connectivity index (χ0v) is 17.9. The molecule has 3 rings (SSSR count). The average molecular weight is 446 g/mol. The summed E-state index contributed by atoms with van der Waals surface area (Å²) >= 11 is 0.